The Morgan fingerprint density at radius 1 is 1.29 bits per heavy atom. The first kappa shape index (κ1) is 19.3. The first-order valence-corrected chi connectivity index (χ1v) is 8.49. The molecule has 1 saturated heterocycles. The number of halogens is 1. The molecule has 0 bridgehead atoms. The van der Waals surface area contributed by atoms with Crippen LogP contribution in [0.2, 0.25) is 0 Å². The average Bonchev–Trinajstić information content (AvgIpc) is 3.08. The summed E-state index contributed by atoms with van der Waals surface area (Å²) in [6.45, 7) is 4.43. The lowest BCUT2D eigenvalue weighted by molar-refractivity contribution is 0.181. The van der Waals surface area contributed by atoms with Gasteiger partial charge in [0.2, 0.25) is 0 Å². The minimum atomic E-state index is 0. The molecule has 3 rings (SSSR count). The van der Waals surface area contributed by atoms with Gasteiger partial charge in [-0.3, -0.25) is 4.99 Å². The summed E-state index contributed by atoms with van der Waals surface area (Å²) in [4.78, 5) is 6.64. The molecule has 134 valence electrons. The minimum absolute atomic E-state index is 0. The van der Waals surface area contributed by atoms with Crippen LogP contribution in [0.15, 0.2) is 29.3 Å². The predicted octanol–water partition coefficient (Wildman–Crippen LogP) is 2.71. The second-order valence-corrected chi connectivity index (χ2v) is 6.41. The standard InChI is InChI=1S/C18H27N3O2.HI/c1-19-18(21(2)12-14-7-9-22-13-14)20-11-15-8-10-23-17-6-4-3-5-16(15)17;/h3-6,14-15H,7-13H2,1-2H3,(H,19,20);1H. The largest absolute Gasteiger partial charge is 0.493 e. The van der Waals surface area contributed by atoms with Crippen LogP contribution in [0.3, 0.4) is 0 Å². The summed E-state index contributed by atoms with van der Waals surface area (Å²) in [6, 6.07) is 8.35. The first-order chi connectivity index (χ1) is 11.3. The van der Waals surface area contributed by atoms with E-state index in [9.17, 15) is 0 Å². The molecule has 1 N–H and O–H groups in total. The molecule has 5 nitrogen and oxygen atoms in total. The molecular formula is C18H28IN3O2. The lowest BCUT2D eigenvalue weighted by atomic mass is 9.93. The fourth-order valence-electron chi connectivity index (χ4n) is 3.43. The van der Waals surface area contributed by atoms with Crippen LogP contribution in [0.5, 0.6) is 5.75 Å². The van der Waals surface area contributed by atoms with E-state index in [1.807, 2.05) is 13.1 Å². The molecule has 0 aromatic heterocycles. The molecule has 24 heavy (non-hydrogen) atoms. The number of nitrogens with zero attached hydrogens (tertiary/aromatic N) is 2. The van der Waals surface area contributed by atoms with Crippen molar-refractivity contribution < 1.29 is 9.47 Å². The summed E-state index contributed by atoms with van der Waals surface area (Å²) < 4.78 is 11.2. The summed E-state index contributed by atoms with van der Waals surface area (Å²) in [6.07, 6.45) is 2.19. The lowest BCUT2D eigenvalue weighted by Crippen LogP contribution is -2.43. The zero-order chi connectivity index (χ0) is 16.1. The van der Waals surface area contributed by atoms with Crippen LogP contribution in [-0.4, -0.2) is 57.9 Å². The maximum Gasteiger partial charge on any atom is 0.193 e. The molecule has 2 atom stereocenters. The molecule has 1 fully saturated rings. The van der Waals surface area contributed by atoms with E-state index >= 15 is 0 Å². The Balaban J connectivity index is 0.00000208. The Bertz CT molecular complexity index is 547. The molecule has 0 aliphatic carbocycles. The van der Waals surface area contributed by atoms with Gasteiger partial charge in [-0.25, -0.2) is 0 Å². The molecule has 2 aliphatic heterocycles. The molecule has 2 aliphatic rings. The molecule has 6 heteroatoms. The molecular weight excluding hydrogens is 417 g/mol. The van der Waals surface area contributed by atoms with E-state index in [-0.39, 0.29) is 24.0 Å². The monoisotopic (exact) mass is 445 g/mol. The SMILES string of the molecule is CN=C(NCC1CCOc2ccccc21)N(C)CC1CCOC1.I. The number of para-hydroxylation sites is 1. The number of guanidine groups is 1. The van der Waals surface area contributed by atoms with Gasteiger partial charge >= 0.3 is 0 Å². The van der Waals surface area contributed by atoms with Crippen molar-refractivity contribution in [1.82, 2.24) is 10.2 Å². The number of nitrogens with one attached hydrogen (secondary N) is 1. The Kier molecular flexibility index (Phi) is 7.61. The van der Waals surface area contributed by atoms with Crippen molar-refractivity contribution in [2.24, 2.45) is 10.9 Å². The van der Waals surface area contributed by atoms with E-state index < -0.39 is 0 Å². The average molecular weight is 445 g/mol. The van der Waals surface area contributed by atoms with Gasteiger partial charge in [0.25, 0.3) is 0 Å². The number of ether oxygens (including phenoxy) is 2. The van der Waals surface area contributed by atoms with E-state index in [1.165, 1.54) is 5.56 Å². The first-order valence-electron chi connectivity index (χ1n) is 8.49. The third-order valence-electron chi connectivity index (χ3n) is 4.72. The molecule has 2 heterocycles. The van der Waals surface area contributed by atoms with Gasteiger partial charge in [-0.15, -0.1) is 24.0 Å². The van der Waals surface area contributed by atoms with Gasteiger partial charge in [0, 0.05) is 45.6 Å². The highest BCUT2D eigenvalue weighted by Gasteiger charge is 2.23. The Morgan fingerprint density at radius 2 is 2.12 bits per heavy atom. The van der Waals surface area contributed by atoms with Crippen LogP contribution in [0.25, 0.3) is 0 Å². The fraction of sp³-hybridized carbons (Fsp3) is 0.611. The van der Waals surface area contributed by atoms with Crippen molar-refractivity contribution in [1.29, 1.82) is 0 Å². The summed E-state index contributed by atoms with van der Waals surface area (Å²) in [5, 5.41) is 3.53. The highest BCUT2D eigenvalue weighted by molar-refractivity contribution is 14.0. The lowest BCUT2D eigenvalue weighted by Gasteiger charge is -2.29. The van der Waals surface area contributed by atoms with Gasteiger partial charge < -0.3 is 19.7 Å². The minimum Gasteiger partial charge on any atom is -0.493 e. The van der Waals surface area contributed by atoms with Gasteiger partial charge in [-0.05, 0) is 24.5 Å². The molecule has 2 unspecified atom stereocenters. The Morgan fingerprint density at radius 3 is 2.88 bits per heavy atom. The number of fused-ring (bicyclic) bond motifs is 1. The number of hydrogen-bond acceptors (Lipinski definition) is 3. The van der Waals surface area contributed by atoms with Crippen LogP contribution in [0.4, 0.5) is 0 Å². The normalized spacial score (nSPS) is 23.0. The van der Waals surface area contributed by atoms with Gasteiger partial charge in [0.15, 0.2) is 5.96 Å². The third kappa shape index (κ3) is 4.75. The fourth-order valence-corrected chi connectivity index (χ4v) is 3.43. The molecule has 1 aromatic rings. The molecule has 0 amide bonds. The van der Waals surface area contributed by atoms with Crippen LogP contribution in [0, 0.1) is 5.92 Å². The van der Waals surface area contributed by atoms with Crippen LogP contribution >= 0.6 is 24.0 Å². The van der Waals surface area contributed by atoms with Crippen molar-refractivity contribution >= 4 is 29.9 Å². The quantitative estimate of drug-likeness (QED) is 0.440. The van der Waals surface area contributed by atoms with E-state index in [1.54, 1.807) is 0 Å². The summed E-state index contributed by atoms with van der Waals surface area (Å²) in [7, 11) is 3.95. The zero-order valence-electron chi connectivity index (χ0n) is 14.5. The van der Waals surface area contributed by atoms with Crippen LogP contribution < -0.4 is 10.1 Å². The van der Waals surface area contributed by atoms with Crippen molar-refractivity contribution in [3.05, 3.63) is 29.8 Å². The van der Waals surface area contributed by atoms with E-state index in [4.69, 9.17) is 9.47 Å². The number of rotatable bonds is 4. The van der Waals surface area contributed by atoms with Gasteiger partial charge in [-0.2, -0.15) is 0 Å². The molecule has 0 saturated carbocycles. The number of aliphatic imine (C=N–C) groups is 1. The maximum atomic E-state index is 5.74. The summed E-state index contributed by atoms with van der Waals surface area (Å²) in [5.74, 6) is 3.07. The molecule has 1 aromatic carbocycles. The van der Waals surface area contributed by atoms with Gasteiger partial charge in [-0.1, -0.05) is 18.2 Å². The van der Waals surface area contributed by atoms with Gasteiger partial charge in [0.05, 0.1) is 13.2 Å². The third-order valence-corrected chi connectivity index (χ3v) is 4.72. The van der Waals surface area contributed by atoms with Crippen molar-refractivity contribution in [2.75, 3.05) is 47.0 Å². The highest BCUT2D eigenvalue weighted by Crippen LogP contribution is 2.32. The predicted molar refractivity (Wildman–Crippen MR) is 108 cm³/mol. The van der Waals surface area contributed by atoms with Crippen molar-refractivity contribution in [3.63, 3.8) is 0 Å². The Hall–Kier alpha value is -1.02. The second-order valence-electron chi connectivity index (χ2n) is 6.41. The van der Waals surface area contributed by atoms with Crippen LogP contribution in [-0.2, 0) is 4.74 Å². The number of benzene rings is 1. The molecule has 0 spiro atoms. The Labute approximate surface area is 161 Å². The zero-order valence-corrected chi connectivity index (χ0v) is 16.9. The maximum absolute atomic E-state index is 5.74. The van der Waals surface area contributed by atoms with E-state index in [2.05, 4.69) is 40.5 Å². The smallest absolute Gasteiger partial charge is 0.193 e. The van der Waals surface area contributed by atoms with Crippen molar-refractivity contribution in [3.8, 4) is 5.75 Å². The number of hydrogen-bond donors (Lipinski definition) is 1. The van der Waals surface area contributed by atoms with Crippen molar-refractivity contribution in [2.45, 2.75) is 18.8 Å². The van der Waals surface area contributed by atoms with Crippen LogP contribution in [0.1, 0.15) is 24.3 Å². The second kappa shape index (κ2) is 9.46. The summed E-state index contributed by atoms with van der Waals surface area (Å²) >= 11 is 0. The van der Waals surface area contributed by atoms with Gasteiger partial charge in [0.1, 0.15) is 5.75 Å². The topological polar surface area (TPSA) is 46.1 Å². The van der Waals surface area contributed by atoms with E-state index in [0.29, 0.717) is 11.8 Å². The molecule has 0 radical (unpaired) electrons. The van der Waals surface area contributed by atoms with E-state index in [0.717, 1.165) is 57.5 Å². The highest BCUT2D eigenvalue weighted by atomic mass is 127. The summed E-state index contributed by atoms with van der Waals surface area (Å²) in [5.41, 5.74) is 1.30.